The Kier molecular flexibility index (Phi) is 5.41. The standard InChI is InChI=1S/C27H34O8/c1-14-16-10-18(29)25(4)19(30)11-20-26(32,13-34-20)21(25)22(27(33,12-17(14)28)24(16,2)3)35-23(31)15-8-6-5-7-9-15/h5-9,17,19-22,28,30,32-33H,10-13H2,1-4H3/t17?,19?,20?,21?,22?,25-,26+,27?/m1/s1. The molecule has 0 spiro atoms. The van der Waals surface area contributed by atoms with E-state index in [4.69, 9.17) is 9.47 Å². The van der Waals surface area contributed by atoms with E-state index in [2.05, 4.69) is 0 Å². The summed E-state index contributed by atoms with van der Waals surface area (Å²) in [6.45, 7) is 6.76. The minimum atomic E-state index is -1.84. The van der Waals surface area contributed by atoms with Crippen molar-refractivity contribution >= 4 is 11.8 Å². The molecule has 6 unspecified atom stereocenters. The first-order valence-corrected chi connectivity index (χ1v) is 12.2. The van der Waals surface area contributed by atoms with Crippen molar-refractivity contribution in [1.29, 1.82) is 0 Å². The molecule has 4 N–H and O–H groups in total. The maximum Gasteiger partial charge on any atom is 0.338 e. The van der Waals surface area contributed by atoms with Crippen molar-refractivity contribution in [3.63, 3.8) is 0 Å². The largest absolute Gasteiger partial charge is 0.455 e. The molecule has 1 saturated heterocycles. The number of hydrogen-bond acceptors (Lipinski definition) is 8. The Balaban J connectivity index is 1.75. The van der Waals surface area contributed by atoms with Crippen molar-refractivity contribution in [2.45, 2.75) is 82.6 Å². The highest BCUT2D eigenvalue weighted by Crippen LogP contribution is 2.62. The van der Waals surface area contributed by atoms with Gasteiger partial charge in [0, 0.05) is 30.6 Å². The Morgan fingerprint density at radius 3 is 2.37 bits per heavy atom. The number of rotatable bonds is 2. The van der Waals surface area contributed by atoms with Gasteiger partial charge in [-0.2, -0.15) is 0 Å². The number of fused-ring (bicyclic) bond motifs is 5. The van der Waals surface area contributed by atoms with Gasteiger partial charge in [0.1, 0.15) is 23.1 Å². The number of aliphatic hydroxyl groups excluding tert-OH is 2. The number of Topliss-reactive ketones (excluding diaryl/α,β-unsaturated/α-hetero) is 1. The fourth-order valence-electron chi connectivity index (χ4n) is 7.08. The molecular weight excluding hydrogens is 452 g/mol. The van der Waals surface area contributed by atoms with Crippen LogP contribution in [0.2, 0.25) is 0 Å². The van der Waals surface area contributed by atoms with E-state index in [9.17, 15) is 30.0 Å². The van der Waals surface area contributed by atoms with Crippen LogP contribution in [0.3, 0.4) is 0 Å². The summed E-state index contributed by atoms with van der Waals surface area (Å²) in [4.78, 5) is 27.3. The monoisotopic (exact) mass is 486 g/mol. The Labute approximate surface area is 204 Å². The molecule has 1 aliphatic heterocycles. The Morgan fingerprint density at radius 1 is 1.11 bits per heavy atom. The van der Waals surface area contributed by atoms with Gasteiger partial charge in [0.05, 0.1) is 35.9 Å². The average molecular weight is 487 g/mol. The maximum absolute atomic E-state index is 13.9. The van der Waals surface area contributed by atoms with Gasteiger partial charge < -0.3 is 29.9 Å². The normalized spacial score (nSPS) is 44.3. The lowest BCUT2D eigenvalue weighted by Crippen LogP contribution is -2.80. The van der Waals surface area contributed by atoms with Crippen molar-refractivity contribution < 1.29 is 39.5 Å². The third-order valence-corrected chi connectivity index (χ3v) is 9.66. The number of esters is 1. The molecule has 1 heterocycles. The molecule has 35 heavy (non-hydrogen) atoms. The number of hydrogen-bond donors (Lipinski definition) is 4. The molecule has 5 rings (SSSR count). The predicted octanol–water partition coefficient (Wildman–Crippen LogP) is 1.54. The smallest absolute Gasteiger partial charge is 0.338 e. The highest BCUT2D eigenvalue weighted by Gasteiger charge is 2.74. The van der Waals surface area contributed by atoms with Crippen LogP contribution in [0, 0.1) is 16.7 Å². The molecule has 8 nitrogen and oxygen atoms in total. The van der Waals surface area contributed by atoms with Crippen molar-refractivity contribution in [1.82, 2.24) is 0 Å². The van der Waals surface area contributed by atoms with Crippen molar-refractivity contribution in [2.75, 3.05) is 6.61 Å². The number of ether oxygens (including phenoxy) is 2. The second kappa shape index (κ2) is 7.70. The van der Waals surface area contributed by atoms with E-state index >= 15 is 0 Å². The highest BCUT2D eigenvalue weighted by molar-refractivity contribution is 5.91. The number of benzene rings is 1. The second-order valence-corrected chi connectivity index (χ2v) is 11.5. The molecule has 3 fully saturated rings. The number of ketones is 1. The lowest BCUT2D eigenvalue weighted by atomic mass is 9.45. The molecule has 0 radical (unpaired) electrons. The summed E-state index contributed by atoms with van der Waals surface area (Å²) >= 11 is 0. The maximum atomic E-state index is 13.9. The molecule has 3 aliphatic carbocycles. The molecule has 2 saturated carbocycles. The topological polar surface area (TPSA) is 134 Å². The summed E-state index contributed by atoms with van der Waals surface area (Å²) in [6.07, 6.45) is -4.61. The van der Waals surface area contributed by atoms with E-state index in [-0.39, 0.29) is 37.2 Å². The average Bonchev–Trinajstić information content (AvgIpc) is 2.81. The second-order valence-electron chi connectivity index (χ2n) is 11.5. The lowest BCUT2D eigenvalue weighted by molar-refractivity contribution is -0.342. The quantitative estimate of drug-likeness (QED) is 0.365. The Hall–Kier alpha value is -2.10. The summed E-state index contributed by atoms with van der Waals surface area (Å²) in [5, 5.41) is 46.5. The van der Waals surface area contributed by atoms with Crippen LogP contribution in [0.4, 0.5) is 0 Å². The molecule has 8 heteroatoms. The van der Waals surface area contributed by atoms with E-state index in [1.54, 1.807) is 58.0 Å². The molecule has 8 atom stereocenters. The highest BCUT2D eigenvalue weighted by atomic mass is 16.6. The number of carbonyl (C=O) groups is 2. The van der Waals surface area contributed by atoms with Gasteiger partial charge in [0.25, 0.3) is 0 Å². The molecule has 4 aliphatic rings. The minimum Gasteiger partial charge on any atom is -0.455 e. The first-order chi connectivity index (χ1) is 16.3. The summed E-state index contributed by atoms with van der Waals surface area (Å²) < 4.78 is 11.6. The van der Waals surface area contributed by atoms with Crippen molar-refractivity contribution in [3.8, 4) is 0 Å². The first-order valence-electron chi connectivity index (χ1n) is 12.2. The van der Waals surface area contributed by atoms with Crippen molar-refractivity contribution in [2.24, 2.45) is 16.7 Å². The van der Waals surface area contributed by atoms with E-state index in [0.29, 0.717) is 11.1 Å². The van der Waals surface area contributed by atoms with Crippen LogP contribution in [0.25, 0.3) is 0 Å². The van der Waals surface area contributed by atoms with E-state index < -0.39 is 58.3 Å². The zero-order chi connectivity index (χ0) is 25.6. The molecule has 2 bridgehead atoms. The summed E-state index contributed by atoms with van der Waals surface area (Å²) in [5.41, 5.74) is -4.63. The molecule has 1 aromatic rings. The van der Waals surface area contributed by atoms with Gasteiger partial charge in [-0.3, -0.25) is 4.79 Å². The summed E-state index contributed by atoms with van der Waals surface area (Å²) in [6, 6.07) is 8.28. The van der Waals surface area contributed by atoms with Crippen LogP contribution in [0.5, 0.6) is 0 Å². The van der Waals surface area contributed by atoms with Gasteiger partial charge in [-0.25, -0.2) is 4.79 Å². The van der Waals surface area contributed by atoms with Crippen molar-refractivity contribution in [3.05, 3.63) is 47.0 Å². The number of carbonyl (C=O) groups excluding carboxylic acids is 2. The van der Waals surface area contributed by atoms with E-state index in [1.165, 1.54) is 0 Å². The van der Waals surface area contributed by atoms with Gasteiger partial charge in [-0.05, 0) is 31.6 Å². The van der Waals surface area contributed by atoms with Crippen LogP contribution >= 0.6 is 0 Å². The SMILES string of the molecule is CC1=C2CC(=O)[C@]3(C)C(O)CC4OC[C@@]4(O)C3C(OC(=O)c3ccccc3)C(O)(CC1O)C2(C)C. The third-order valence-electron chi connectivity index (χ3n) is 9.66. The summed E-state index contributed by atoms with van der Waals surface area (Å²) in [7, 11) is 0. The summed E-state index contributed by atoms with van der Waals surface area (Å²) in [5.74, 6) is -2.21. The zero-order valence-corrected chi connectivity index (χ0v) is 20.5. The third kappa shape index (κ3) is 3.10. The fraction of sp³-hybridized carbons (Fsp3) is 0.630. The van der Waals surface area contributed by atoms with Gasteiger partial charge in [-0.1, -0.05) is 37.6 Å². The number of aliphatic hydroxyl groups is 4. The van der Waals surface area contributed by atoms with Crippen LogP contribution in [0.15, 0.2) is 41.5 Å². The Bertz CT molecular complexity index is 1100. The zero-order valence-electron chi connectivity index (χ0n) is 20.5. The lowest BCUT2D eigenvalue weighted by Gasteiger charge is -2.66. The van der Waals surface area contributed by atoms with Crippen LogP contribution in [-0.2, 0) is 14.3 Å². The van der Waals surface area contributed by atoms with Gasteiger partial charge in [0.15, 0.2) is 0 Å². The minimum absolute atomic E-state index is 0.0526. The Morgan fingerprint density at radius 2 is 1.77 bits per heavy atom. The molecular formula is C27H34O8. The molecule has 1 aromatic carbocycles. The predicted molar refractivity (Wildman–Crippen MR) is 124 cm³/mol. The van der Waals surface area contributed by atoms with Gasteiger partial charge in [0.2, 0.25) is 0 Å². The molecule has 0 amide bonds. The molecule has 0 aromatic heterocycles. The van der Waals surface area contributed by atoms with E-state index in [1.807, 2.05) is 0 Å². The van der Waals surface area contributed by atoms with Crippen LogP contribution in [0.1, 0.15) is 57.3 Å². The van der Waals surface area contributed by atoms with Gasteiger partial charge in [-0.15, -0.1) is 0 Å². The van der Waals surface area contributed by atoms with E-state index in [0.717, 1.165) is 0 Å². The fourth-order valence-corrected chi connectivity index (χ4v) is 7.08. The van der Waals surface area contributed by atoms with Gasteiger partial charge >= 0.3 is 5.97 Å². The van der Waals surface area contributed by atoms with Crippen LogP contribution < -0.4 is 0 Å². The molecule has 190 valence electrons. The van der Waals surface area contributed by atoms with Crippen LogP contribution in [-0.4, -0.2) is 74.4 Å². The first kappa shape index (κ1) is 24.6.